The number of aromatic nitrogens is 1. The first kappa shape index (κ1) is 20.0. The van der Waals surface area contributed by atoms with E-state index >= 15 is 0 Å². The summed E-state index contributed by atoms with van der Waals surface area (Å²) < 4.78 is 5.85. The maximum absolute atomic E-state index is 12.7. The molecule has 30 heavy (non-hydrogen) atoms. The minimum atomic E-state index is 0.00977. The van der Waals surface area contributed by atoms with Crippen molar-refractivity contribution >= 4 is 27.9 Å². The van der Waals surface area contributed by atoms with Crippen molar-refractivity contribution in [3.63, 3.8) is 0 Å². The number of thiazole rings is 1. The Morgan fingerprint density at radius 3 is 2.87 bits per heavy atom. The van der Waals surface area contributed by atoms with Gasteiger partial charge < -0.3 is 14.5 Å². The maximum Gasteiger partial charge on any atom is 0.186 e. The van der Waals surface area contributed by atoms with Crippen LogP contribution in [0.2, 0.25) is 0 Å². The number of benzene rings is 1. The summed E-state index contributed by atoms with van der Waals surface area (Å²) in [4.78, 5) is 23.4. The molecule has 3 aliphatic rings. The molecule has 3 heterocycles. The van der Waals surface area contributed by atoms with Crippen molar-refractivity contribution < 1.29 is 9.53 Å². The van der Waals surface area contributed by atoms with Gasteiger partial charge in [0, 0.05) is 31.7 Å². The molecule has 1 aliphatic carbocycles. The van der Waals surface area contributed by atoms with Crippen molar-refractivity contribution in [3.8, 4) is 0 Å². The molecule has 1 aromatic heterocycles. The molecule has 0 spiro atoms. The number of nitrogens with zero attached hydrogens (tertiary/aromatic N) is 3. The second-order valence-corrected chi connectivity index (χ2v) is 10.7. The molecular weight excluding hydrogens is 394 g/mol. The number of fused-ring (bicyclic) bond motifs is 1. The van der Waals surface area contributed by atoms with E-state index in [1.807, 2.05) is 0 Å². The Balaban J connectivity index is 1.37. The standard InChI is InChI=1S/C24H31N3O2S/c1-24(2)14-20-22(21(28)15-24)30-23(25-20)27-10-11-29-16-19(27)13-17-6-5-7-18(12-17)26-8-3-4-9-26/h5-7,12,19H,3-4,8-11,13-16H2,1-2H3/t19-/m0/s1. The number of ketones is 1. The third-order valence-corrected chi connectivity index (χ3v) is 7.73. The average molecular weight is 426 g/mol. The van der Waals surface area contributed by atoms with Crippen LogP contribution in [0.25, 0.3) is 0 Å². The third kappa shape index (κ3) is 4.00. The van der Waals surface area contributed by atoms with Crippen molar-refractivity contribution in [2.75, 3.05) is 42.6 Å². The molecule has 0 saturated carbocycles. The molecule has 160 valence electrons. The summed E-state index contributed by atoms with van der Waals surface area (Å²) in [6, 6.07) is 9.23. The van der Waals surface area contributed by atoms with Crippen LogP contribution in [-0.4, -0.2) is 49.7 Å². The van der Waals surface area contributed by atoms with E-state index < -0.39 is 0 Å². The van der Waals surface area contributed by atoms with E-state index in [0.717, 1.165) is 48.2 Å². The Labute approximate surface area is 183 Å². The van der Waals surface area contributed by atoms with Crippen LogP contribution in [0.5, 0.6) is 0 Å². The number of Topliss-reactive ketones (excluding diaryl/α,β-unsaturated/α-hetero) is 1. The first-order valence-electron chi connectivity index (χ1n) is 11.2. The van der Waals surface area contributed by atoms with Crippen LogP contribution in [0.4, 0.5) is 10.8 Å². The largest absolute Gasteiger partial charge is 0.377 e. The second-order valence-electron chi connectivity index (χ2n) is 9.70. The summed E-state index contributed by atoms with van der Waals surface area (Å²) in [6.07, 6.45) is 5.03. The highest BCUT2D eigenvalue weighted by atomic mass is 32.1. The lowest BCUT2D eigenvalue weighted by Gasteiger charge is -2.35. The molecule has 0 bridgehead atoms. The molecule has 1 aromatic carbocycles. The van der Waals surface area contributed by atoms with E-state index in [0.29, 0.717) is 19.6 Å². The van der Waals surface area contributed by atoms with Gasteiger partial charge in [-0.05, 0) is 48.8 Å². The maximum atomic E-state index is 12.7. The molecule has 2 aromatic rings. The highest BCUT2D eigenvalue weighted by Crippen LogP contribution is 2.40. The fourth-order valence-electron chi connectivity index (χ4n) is 5.03. The molecule has 2 fully saturated rings. The molecule has 2 aliphatic heterocycles. The lowest BCUT2D eigenvalue weighted by Crippen LogP contribution is -2.46. The van der Waals surface area contributed by atoms with Gasteiger partial charge >= 0.3 is 0 Å². The van der Waals surface area contributed by atoms with Crippen LogP contribution in [0.15, 0.2) is 24.3 Å². The number of carbonyl (C=O) groups is 1. The second kappa shape index (κ2) is 7.97. The first-order chi connectivity index (χ1) is 14.5. The fraction of sp³-hybridized carbons (Fsp3) is 0.583. The number of hydrogen-bond acceptors (Lipinski definition) is 6. The van der Waals surface area contributed by atoms with Crippen LogP contribution in [0, 0.1) is 5.41 Å². The van der Waals surface area contributed by atoms with Crippen LogP contribution < -0.4 is 9.80 Å². The topological polar surface area (TPSA) is 45.7 Å². The van der Waals surface area contributed by atoms with E-state index in [-0.39, 0.29) is 17.2 Å². The van der Waals surface area contributed by atoms with Crippen molar-refractivity contribution in [2.45, 2.75) is 52.0 Å². The quantitative estimate of drug-likeness (QED) is 0.729. The normalized spacial score (nSPS) is 23.7. The molecule has 1 atom stereocenters. The predicted molar refractivity (Wildman–Crippen MR) is 122 cm³/mol. The summed E-state index contributed by atoms with van der Waals surface area (Å²) in [6.45, 7) is 8.91. The van der Waals surface area contributed by atoms with Crippen LogP contribution in [0.1, 0.15) is 54.0 Å². The van der Waals surface area contributed by atoms with Crippen molar-refractivity contribution in [3.05, 3.63) is 40.4 Å². The summed E-state index contributed by atoms with van der Waals surface area (Å²) in [7, 11) is 0. The van der Waals surface area contributed by atoms with Crippen LogP contribution >= 0.6 is 11.3 Å². The van der Waals surface area contributed by atoms with Gasteiger partial charge in [-0.25, -0.2) is 4.98 Å². The van der Waals surface area contributed by atoms with Crippen LogP contribution in [-0.2, 0) is 17.6 Å². The Kier molecular flexibility index (Phi) is 5.31. The number of hydrogen-bond donors (Lipinski definition) is 0. The number of ether oxygens (including phenoxy) is 1. The first-order valence-corrected chi connectivity index (χ1v) is 12.0. The molecule has 5 nitrogen and oxygen atoms in total. The number of rotatable bonds is 4. The van der Waals surface area contributed by atoms with Crippen molar-refractivity contribution in [1.29, 1.82) is 0 Å². The summed E-state index contributed by atoms with van der Waals surface area (Å²) >= 11 is 1.59. The van der Waals surface area contributed by atoms with E-state index in [4.69, 9.17) is 9.72 Å². The number of morpholine rings is 1. The predicted octanol–water partition coefficient (Wildman–Crippen LogP) is 4.35. The minimum absolute atomic E-state index is 0.00977. The molecule has 0 unspecified atom stereocenters. The van der Waals surface area contributed by atoms with Gasteiger partial charge in [0.1, 0.15) is 0 Å². The van der Waals surface area contributed by atoms with E-state index in [2.05, 4.69) is 47.9 Å². The molecule has 0 amide bonds. The number of anilines is 2. The Hall–Kier alpha value is -1.92. The molecule has 5 rings (SSSR count). The summed E-state index contributed by atoms with van der Waals surface area (Å²) in [5.74, 6) is 0.258. The van der Waals surface area contributed by atoms with Crippen LogP contribution in [0.3, 0.4) is 0 Å². The third-order valence-electron chi connectivity index (χ3n) is 6.55. The fourth-order valence-corrected chi connectivity index (χ4v) is 6.15. The van der Waals surface area contributed by atoms with Gasteiger partial charge in [0.2, 0.25) is 0 Å². The SMILES string of the molecule is CC1(C)CC(=O)c2sc(N3CCOC[C@@H]3Cc3cccc(N4CCCC4)c3)nc2C1. The lowest BCUT2D eigenvalue weighted by molar-refractivity contribution is 0.0915. The van der Waals surface area contributed by atoms with Crippen molar-refractivity contribution in [1.82, 2.24) is 4.98 Å². The Morgan fingerprint density at radius 2 is 2.03 bits per heavy atom. The highest BCUT2D eigenvalue weighted by molar-refractivity contribution is 7.17. The summed E-state index contributed by atoms with van der Waals surface area (Å²) in [5, 5.41) is 0.995. The zero-order valence-electron chi connectivity index (χ0n) is 18.0. The molecule has 0 N–H and O–H groups in total. The molecular formula is C24H31N3O2S. The van der Waals surface area contributed by atoms with Gasteiger partial charge in [-0.2, -0.15) is 0 Å². The van der Waals surface area contributed by atoms with E-state index in [1.54, 1.807) is 11.3 Å². The Morgan fingerprint density at radius 1 is 1.20 bits per heavy atom. The average Bonchev–Trinajstić information content (AvgIpc) is 3.38. The molecule has 0 radical (unpaired) electrons. The van der Waals surface area contributed by atoms with E-state index in [9.17, 15) is 4.79 Å². The van der Waals surface area contributed by atoms with Crippen molar-refractivity contribution in [2.24, 2.45) is 5.41 Å². The van der Waals surface area contributed by atoms with E-state index in [1.165, 1.54) is 24.1 Å². The zero-order chi connectivity index (χ0) is 20.7. The highest BCUT2D eigenvalue weighted by Gasteiger charge is 2.36. The number of carbonyl (C=O) groups excluding carboxylic acids is 1. The molecule has 6 heteroatoms. The molecule has 2 saturated heterocycles. The smallest absolute Gasteiger partial charge is 0.186 e. The van der Waals surface area contributed by atoms with Gasteiger partial charge in [-0.1, -0.05) is 37.3 Å². The zero-order valence-corrected chi connectivity index (χ0v) is 18.8. The van der Waals surface area contributed by atoms with Gasteiger partial charge in [-0.15, -0.1) is 0 Å². The monoisotopic (exact) mass is 425 g/mol. The van der Waals surface area contributed by atoms with Gasteiger partial charge in [0.05, 0.1) is 29.8 Å². The van der Waals surface area contributed by atoms with Gasteiger partial charge in [0.15, 0.2) is 10.9 Å². The Bertz CT molecular complexity index is 932. The minimum Gasteiger partial charge on any atom is -0.377 e. The lowest BCUT2D eigenvalue weighted by atomic mass is 9.78. The van der Waals surface area contributed by atoms with Gasteiger partial charge in [0.25, 0.3) is 0 Å². The van der Waals surface area contributed by atoms with Gasteiger partial charge in [-0.3, -0.25) is 4.79 Å². The summed E-state index contributed by atoms with van der Waals surface area (Å²) in [5.41, 5.74) is 3.69.